The maximum atomic E-state index is 6.19. The predicted octanol–water partition coefficient (Wildman–Crippen LogP) is 4.95. The molecule has 0 spiro atoms. The lowest BCUT2D eigenvalue weighted by molar-refractivity contribution is 0.564. The molecular formula is C16H19ClN2S. The Morgan fingerprint density at radius 1 is 1.25 bits per heavy atom. The van der Waals surface area contributed by atoms with Gasteiger partial charge < -0.3 is 5.32 Å². The smallest absolute Gasteiger partial charge is 0.119 e. The molecular weight excluding hydrogens is 288 g/mol. The molecule has 4 heteroatoms. The second-order valence-electron chi connectivity index (χ2n) is 4.61. The van der Waals surface area contributed by atoms with Crippen molar-refractivity contribution in [2.45, 2.75) is 36.2 Å². The van der Waals surface area contributed by atoms with Crippen molar-refractivity contribution in [2.24, 2.45) is 0 Å². The Kier molecular flexibility index (Phi) is 5.89. The van der Waals surface area contributed by atoms with Gasteiger partial charge in [-0.1, -0.05) is 48.5 Å². The summed E-state index contributed by atoms with van der Waals surface area (Å²) in [6.07, 6.45) is 2.90. The molecule has 0 aliphatic carbocycles. The van der Waals surface area contributed by atoms with Crippen LogP contribution in [0.15, 0.2) is 52.5 Å². The Morgan fingerprint density at radius 2 is 2.05 bits per heavy atom. The van der Waals surface area contributed by atoms with E-state index in [2.05, 4.69) is 48.4 Å². The number of rotatable bonds is 6. The molecule has 0 aliphatic heterocycles. The molecule has 1 heterocycles. The van der Waals surface area contributed by atoms with Crippen LogP contribution in [0.4, 0.5) is 0 Å². The van der Waals surface area contributed by atoms with Gasteiger partial charge in [0.15, 0.2) is 0 Å². The van der Waals surface area contributed by atoms with E-state index in [0.29, 0.717) is 11.1 Å². The summed E-state index contributed by atoms with van der Waals surface area (Å²) in [5.41, 5.74) is 1.28. The van der Waals surface area contributed by atoms with E-state index in [1.165, 1.54) is 10.5 Å². The van der Waals surface area contributed by atoms with Crippen LogP contribution in [0.25, 0.3) is 0 Å². The van der Waals surface area contributed by atoms with Crippen LogP contribution in [-0.4, -0.2) is 11.5 Å². The molecule has 0 saturated heterocycles. The Bertz CT molecular complexity index is 560. The van der Waals surface area contributed by atoms with Crippen LogP contribution in [0, 0.1) is 0 Å². The second-order valence-corrected chi connectivity index (χ2v) is 6.04. The highest BCUT2D eigenvalue weighted by molar-refractivity contribution is 7.99. The number of hydrogen-bond acceptors (Lipinski definition) is 3. The molecule has 1 N–H and O–H groups in total. The van der Waals surface area contributed by atoms with Gasteiger partial charge in [0.25, 0.3) is 0 Å². The SMILES string of the molecule is CCCNC(C)c1ccccc1Sc1ncccc1Cl. The number of aromatic nitrogens is 1. The Balaban J connectivity index is 2.22. The lowest BCUT2D eigenvalue weighted by atomic mass is 10.1. The van der Waals surface area contributed by atoms with Gasteiger partial charge in [0, 0.05) is 17.1 Å². The van der Waals surface area contributed by atoms with Crippen LogP contribution < -0.4 is 5.32 Å². The average Bonchev–Trinajstić information content (AvgIpc) is 2.48. The monoisotopic (exact) mass is 306 g/mol. The van der Waals surface area contributed by atoms with E-state index in [-0.39, 0.29) is 0 Å². The van der Waals surface area contributed by atoms with E-state index in [1.54, 1.807) is 18.0 Å². The molecule has 1 unspecified atom stereocenters. The normalized spacial score (nSPS) is 12.3. The standard InChI is InChI=1S/C16H19ClN2S/c1-3-10-18-12(2)13-7-4-5-9-15(13)20-16-14(17)8-6-11-19-16/h4-9,11-12,18H,3,10H2,1-2H3. The average molecular weight is 307 g/mol. The maximum Gasteiger partial charge on any atom is 0.119 e. The number of pyridine rings is 1. The van der Waals surface area contributed by atoms with Crippen LogP contribution in [0.2, 0.25) is 5.02 Å². The van der Waals surface area contributed by atoms with Crippen LogP contribution in [0.3, 0.4) is 0 Å². The molecule has 2 aromatic rings. The van der Waals surface area contributed by atoms with Gasteiger partial charge >= 0.3 is 0 Å². The van der Waals surface area contributed by atoms with Gasteiger partial charge in [0.05, 0.1) is 5.02 Å². The first kappa shape index (κ1) is 15.4. The van der Waals surface area contributed by atoms with Gasteiger partial charge in [-0.25, -0.2) is 4.98 Å². The zero-order chi connectivity index (χ0) is 14.4. The highest BCUT2D eigenvalue weighted by Gasteiger charge is 2.12. The highest BCUT2D eigenvalue weighted by Crippen LogP contribution is 2.35. The molecule has 0 aliphatic rings. The molecule has 0 radical (unpaired) electrons. The third-order valence-corrected chi connectivity index (χ3v) is 4.54. The zero-order valence-corrected chi connectivity index (χ0v) is 13.3. The molecule has 0 saturated carbocycles. The van der Waals surface area contributed by atoms with Crippen LogP contribution in [0.1, 0.15) is 31.9 Å². The molecule has 106 valence electrons. The first-order valence-electron chi connectivity index (χ1n) is 6.83. The van der Waals surface area contributed by atoms with Gasteiger partial charge in [-0.15, -0.1) is 0 Å². The van der Waals surface area contributed by atoms with Crippen molar-refractivity contribution in [1.82, 2.24) is 10.3 Å². The van der Waals surface area contributed by atoms with Crippen LogP contribution in [-0.2, 0) is 0 Å². The van der Waals surface area contributed by atoms with Crippen LogP contribution in [0.5, 0.6) is 0 Å². The van der Waals surface area contributed by atoms with Crippen molar-refractivity contribution in [1.29, 1.82) is 0 Å². The minimum Gasteiger partial charge on any atom is -0.310 e. The summed E-state index contributed by atoms with van der Waals surface area (Å²) in [6.45, 7) is 5.38. The minimum atomic E-state index is 0.320. The Hall–Kier alpha value is -1.03. The fourth-order valence-corrected chi connectivity index (χ4v) is 3.19. The van der Waals surface area contributed by atoms with Crippen molar-refractivity contribution < 1.29 is 0 Å². The largest absolute Gasteiger partial charge is 0.310 e. The van der Waals surface area contributed by atoms with Crippen molar-refractivity contribution >= 4 is 23.4 Å². The highest BCUT2D eigenvalue weighted by atomic mass is 35.5. The molecule has 0 bridgehead atoms. The lowest BCUT2D eigenvalue weighted by Crippen LogP contribution is -2.19. The maximum absolute atomic E-state index is 6.19. The van der Waals surface area contributed by atoms with Gasteiger partial charge in [-0.05, 0) is 43.7 Å². The fraction of sp³-hybridized carbons (Fsp3) is 0.312. The summed E-state index contributed by atoms with van der Waals surface area (Å²) < 4.78 is 0. The first-order chi connectivity index (χ1) is 9.72. The molecule has 2 rings (SSSR count). The molecule has 1 aromatic heterocycles. The van der Waals surface area contributed by atoms with Crippen molar-refractivity contribution in [3.8, 4) is 0 Å². The van der Waals surface area contributed by atoms with E-state index in [9.17, 15) is 0 Å². The van der Waals surface area contributed by atoms with E-state index >= 15 is 0 Å². The number of nitrogens with zero attached hydrogens (tertiary/aromatic N) is 1. The molecule has 20 heavy (non-hydrogen) atoms. The third-order valence-electron chi connectivity index (χ3n) is 3.02. The lowest BCUT2D eigenvalue weighted by Gasteiger charge is -2.17. The predicted molar refractivity (Wildman–Crippen MR) is 86.5 cm³/mol. The van der Waals surface area contributed by atoms with Gasteiger partial charge in [-0.2, -0.15) is 0 Å². The molecule has 0 fully saturated rings. The Labute approximate surface area is 130 Å². The first-order valence-corrected chi connectivity index (χ1v) is 8.02. The third kappa shape index (κ3) is 3.98. The van der Waals surface area contributed by atoms with E-state index in [4.69, 9.17) is 11.6 Å². The Morgan fingerprint density at radius 3 is 2.80 bits per heavy atom. The second kappa shape index (κ2) is 7.67. The molecule has 2 nitrogen and oxygen atoms in total. The van der Waals surface area contributed by atoms with Gasteiger partial charge in [-0.3, -0.25) is 0 Å². The van der Waals surface area contributed by atoms with Crippen molar-refractivity contribution in [3.05, 3.63) is 53.2 Å². The number of halogens is 1. The number of benzene rings is 1. The summed E-state index contributed by atoms with van der Waals surface area (Å²) in [6, 6.07) is 12.4. The summed E-state index contributed by atoms with van der Waals surface area (Å²) in [5, 5.41) is 5.07. The number of hydrogen-bond donors (Lipinski definition) is 1. The summed E-state index contributed by atoms with van der Waals surface area (Å²) in [4.78, 5) is 5.55. The molecule has 1 aromatic carbocycles. The summed E-state index contributed by atoms with van der Waals surface area (Å²) >= 11 is 7.81. The van der Waals surface area contributed by atoms with Gasteiger partial charge in [0.2, 0.25) is 0 Å². The molecule has 0 amide bonds. The molecule has 1 atom stereocenters. The number of nitrogens with one attached hydrogen (secondary N) is 1. The van der Waals surface area contributed by atoms with Gasteiger partial charge in [0.1, 0.15) is 5.03 Å². The van der Waals surface area contributed by atoms with E-state index < -0.39 is 0 Å². The van der Waals surface area contributed by atoms with E-state index in [1.807, 2.05) is 12.1 Å². The minimum absolute atomic E-state index is 0.320. The quantitative estimate of drug-likeness (QED) is 0.817. The van der Waals surface area contributed by atoms with Crippen LogP contribution >= 0.6 is 23.4 Å². The van der Waals surface area contributed by atoms with Crippen molar-refractivity contribution in [3.63, 3.8) is 0 Å². The fourth-order valence-electron chi connectivity index (χ4n) is 1.95. The zero-order valence-electron chi connectivity index (χ0n) is 11.8. The summed E-state index contributed by atoms with van der Waals surface area (Å²) in [5.74, 6) is 0. The summed E-state index contributed by atoms with van der Waals surface area (Å²) in [7, 11) is 0. The van der Waals surface area contributed by atoms with Crippen molar-refractivity contribution in [2.75, 3.05) is 6.54 Å². The van der Waals surface area contributed by atoms with E-state index in [0.717, 1.165) is 18.0 Å². The topological polar surface area (TPSA) is 24.9 Å².